The summed E-state index contributed by atoms with van der Waals surface area (Å²) in [5.41, 5.74) is 1.47. The molecular weight excluding hydrogens is 378 g/mol. The van der Waals surface area contributed by atoms with Gasteiger partial charge in [0.05, 0.1) is 18.1 Å². The Hall–Kier alpha value is -3.15. The normalized spacial score (nSPS) is 25.8. The first-order valence-electron chi connectivity index (χ1n) is 10.4. The van der Waals surface area contributed by atoms with Crippen LogP contribution in [0.3, 0.4) is 0 Å². The molecule has 4 rings (SSSR count). The molecule has 6 heteroatoms. The van der Waals surface area contributed by atoms with Crippen molar-refractivity contribution in [2.45, 2.75) is 44.9 Å². The molecule has 6 nitrogen and oxygen atoms in total. The van der Waals surface area contributed by atoms with Crippen molar-refractivity contribution in [3.05, 3.63) is 71.8 Å². The number of carbonyl (C=O) groups excluding carboxylic acids is 3. The van der Waals surface area contributed by atoms with Crippen molar-refractivity contribution in [3.8, 4) is 0 Å². The van der Waals surface area contributed by atoms with Gasteiger partial charge >= 0.3 is 6.03 Å². The third kappa shape index (κ3) is 3.16. The monoisotopic (exact) mass is 405 g/mol. The van der Waals surface area contributed by atoms with E-state index in [-0.39, 0.29) is 41.9 Å². The first-order valence-corrected chi connectivity index (χ1v) is 10.4. The molecule has 0 spiro atoms. The van der Waals surface area contributed by atoms with Gasteiger partial charge < -0.3 is 9.80 Å². The maximum absolute atomic E-state index is 13.6. The molecule has 30 heavy (non-hydrogen) atoms. The predicted molar refractivity (Wildman–Crippen MR) is 114 cm³/mol. The fourth-order valence-electron chi connectivity index (χ4n) is 4.53. The number of likely N-dealkylation sites (N-methyl/N-ethyl adjacent to an activating group) is 1. The lowest BCUT2D eigenvalue weighted by Crippen LogP contribution is -2.41. The average Bonchev–Trinajstić information content (AvgIpc) is 3.47. The van der Waals surface area contributed by atoms with Crippen LogP contribution < -0.4 is 0 Å². The van der Waals surface area contributed by atoms with Crippen molar-refractivity contribution in [2.24, 2.45) is 5.92 Å². The summed E-state index contributed by atoms with van der Waals surface area (Å²) in [7, 11) is 1.72. The molecule has 2 aliphatic rings. The molecule has 156 valence electrons. The Morgan fingerprint density at radius 3 is 2.07 bits per heavy atom. The van der Waals surface area contributed by atoms with E-state index in [4.69, 9.17) is 0 Å². The van der Waals surface area contributed by atoms with Gasteiger partial charge in [-0.25, -0.2) is 4.79 Å². The van der Waals surface area contributed by atoms with E-state index in [1.807, 2.05) is 69.3 Å². The lowest BCUT2D eigenvalue weighted by Gasteiger charge is -2.24. The van der Waals surface area contributed by atoms with Gasteiger partial charge in [0.25, 0.3) is 11.8 Å². The van der Waals surface area contributed by atoms with Gasteiger partial charge in [0.2, 0.25) is 0 Å². The molecule has 4 atom stereocenters. The summed E-state index contributed by atoms with van der Waals surface area (Å²) in [6.07, 6.45) is 0. The Labute approximate surface area is 177 Å². The molecule has 2 aromatic carbocycles. The fraction of sp³-hybridized carbons (Fsp3) is 0.375. The Kier molecular flexibility index (Phi) is 5.10. The summed E-state index contributed by atoms with van der Waals surface area (Å²) in [5, 5.41) is 0. The van der Waals surface area contributed by atoms with Crippen LogP contribution in [0.4, 0.5) is 4.79 Å². The summed E-state index contributed by atoms with van der Waals surface area (Å²) in [4.78, 5) is 44.3. The van der Waals surface area contributed by atoms with Crippen molar-refractivity contribution in [1.82, 2.24) is 14.7 Å². The second kappa shape index (κ2) is 7.59. The van der Waals surface area contributed by atoms with Crippen LogP contribution in [0.2, 0.25) is 0 Å². The molecule has 0 aliphatic carbocycles. The molecule has 0 bridgehead atoms. The minimum Gasteiger partial charge on any atom is -0.322 e. The standard InChI is InChI=1S/C24H27N3O3/c1-15(2)19-21(26(19)22(28)18-13-9-6-10-14-18)23(29)27-20(16(3)25(4)24(27)30)17-11-7-5-8-12-17/h5-16,19-21H,1-4H3/t16-,19+,20-,21-,26?/m1/s1. The van der Waals surface area contributed by atoms with E-state index < -0.39 is 6.04 Å². The van der Waals surface area contributed by atoms with Crippen molar-refractivity contribution in [1.29, 1.82) is 0 Å². The van der Waals surface area contributed by atoms with E-state index in [2.05, 4.69) is 0 Å². The number of urea groups is 1. The largest absolute Gasteiger partial charge is 0.327 e. The highest BCUT2D eigenvalue weighted by Gasteiger charge is 2.61. The van der Waals surface area contributed by atoms with Gasteiger partial charge in [0.15, 0.2) is 0 Å². The average molecular weight is 405 g/mol. The molecule has 2 heterocycles. The Morgan fingerprint density at radius 2 is 1.50 bits per heavy atom. The molecule has 2 aromatic rings. The SMILES string of the molecule is CC(C)[C@H]1[C@H](C(=O)N2C(=O)N(C)[C@H](C)[C@@H]2c2ccccc2)N1C(=O)c1ccccc1. The lowest BCUT2D eigenvalue weighted by molar-refractivity contribution is -0.129. The van der Waals surface area contributed by atoms with Gasteiger partial charge in [-0.05, 0) is 30.5 Å². The number of carbonyl (C=O) groups is 3. The molecule has 0 aromatic heterocycles. The number of nitrogens with zero attached hydrogens (tertiary/aromatic N) is 3. The third-order valence-corrected chi connectivity index (χ3v) is 6.28. The van der Waals surface area contributed by atoms with E-state index in [0.29, 0.717) is 5.56 Å². The Morgan fingerprint density at radius 1 is 0.933 bits per heavy atom. The maximum Gasteiger partial charge on any atom is 0.327 e. The second-order valence-corrected chi connectivity index (χ2v) is 8.46. The first-order chi connectivity index (χ1) is 14.3. The molecule has 0 saturated carbocycles. The van der Waals surface area contributed by atoms with Crippen LogP contribution in [0.25, 0.3) is 0 Å². The smallest absolute Gasteiger partial charge is 0.322 e. The van der Waals surface area contributed by atoms with Gasteiger partial charge in [-0.2, -0.15) is 0 Å². The number of benzene rings is 2. The van der Waals surface area contributed by atoms with Gasteiger partial charge in [-0.15, -0.1) is 0 Å². The predicted octanol–water partition coefficient (Wildman–Crippen LogP) is 3.56. The third-order valence-electron chi connectivity index (χ3n) is 6.28. The highest BCUT2D eigenvalue weighted by atomic mass is 16.2. The summed E-state index contributed by atoms with van der Waals surface area (Å²) in [6.45, 7) is 5.94. The number of rotatable bonds is 4. The fourth-order valence-corrected chi connectivity index (χ4v) is 4.53. The molecule has 2 fully saturated rings. The van der Waals surface area contributed by atoms with Crippen LogP contribution >= 0.6 is 0 Å². The van der Waals surface area contributed by atoms with Crippen LogP contribution in [0.1, 0.15) is 42.7 Å². The quantitative estimate of drug-likeness (QED) is 0.731. The van der Waals surface area contributed by atoms with Gasteiger partial charge in [0, 0.05) is 12.6 Å². The van der Waals surface area contributed by atoms with Crippen molar-refractivity contribution < 1.29 is 14.4 Å². The zero-order valence-electron chi connectivity index (χ0n) is 17.7. The van der Waals surface area contributed by atoms with E-state index in [1.54, 1.807) is 29.0 Å². The summed E-state index contributed by atoms with van der Waals surface area (Å²) in [6, 6.07) is 16.9. The highest BCUT2D eigenvalue weighted by Crippen LogP contribution is 2.42. The van der Waals surface area contributed by atoms with E-state index in [1.165, 1.54) is 4.90 Å². The summed E-state index contributed by atoms with van der Waals surface area (Å²) in [5.74, 6) is -0.361. The Balaban J connectivity index is 1.66. The number of amides is 4. The van der Waals surface area contributed by atoms with Gasteiger partial charge in [0.1, 0.15) is 6.04 Å². The van der Waals surface area contributed by atoms with Crippen LogP contribution in [-0.4, -0.2) is 57.7 Å². The number of imide groups is 1. The van der Waals surface area contributed by atoms with Gasteiger partial charge in [-0.3, -0.25) is 14.5 Å². The first kappa shape index (κ1) is 20.1. The van der Waals surface area contributed by atoms with Crippen LogP contribution in [0.5, 0.6) is 0 Å². The van der Waals surface area contributed by atoms with Crippen molar-refractivity contribution in [2.75, 3.05) is 7.05 Å². The van der Waals surface area contributed by atoms with Crippen molar-refractivity contribution in [3.63, 3.8) is 0 Å². The van der Waals surface area contributed by atoms with Crippen molar-refractivity contribution >= 4 is 17.8 Å². The molecule has 2 saturated heterocycles. The lowest BCUT2D eigenvalue weighted by atomic mass is 9.99. The molecule has 0 unspecified atom stereocenters. The zero-order valence-corrected chi connectivity index (χ0v) is 17.7. The van der Waals surface area contributed by atoms with Crippen LogP contribution in [-0.2, 0) is 4.79 Å². The highest BCUT2D eigenvalue weighted by molar-refractivity contribution is 6.06. The molecular formula is C24H27N3O3. The minimum atomic E-state index is -0.619. The van der Waals surface area contributed by atoms with E-state index >= 15 is 0 Å². The number of hydrogen-bond donors (Lipinski definition) is 0. The maximum atomic E-state index is 13.6. The van der Waals surface area contributed by atoms with E-state index in [0.717, 1.165) is 5.56 Å². The van der Waals surface area contributed by atoms with Gasteiger partial charge in [-0.1, -0.05) is 62.4 Å². The topological polar surface area (TPSA) is 60.7 Å². The zero-order chi connectivity index (χ0) is 21.6. The van der Waals surface area contributed by atoms with E-state index in [9.17, 15) is 14.4 Å². The second-order valence-electron chi connectivity index (χ2n) is 8.46. The Bertz CT molecular complexity index is 960. The summed E-state index contributed by atoms with van der Waals surface area (Å²) >= 11 is 0. The number of hydrogen-bond acceptors (Lipinski definition) is 3. The van der Waals surface area contributed by atoms with Crippen LogP contribution in [0, 0.1) is 5.92 Å². The minimum absolute atomic E-state index is 0.106. The molecule has 4 amide bonds. The molecule has 0 radical (unpaired) electrons. The molecule has 2 aliphatic heterocycles. The molecule has 0 N–H and O–H groups in total. The summed E-state index contributed by atoms with van der Waals surface area (Å²) < 4.78 is 0. The van der Waals surface area contributed by atoms with Crippen LogP contribution in [0.15, 0.2) is 60.7 Å².